The zero-order valence-corrected chi connectivity index (χ0v) is 12.0. The molecule has 2 heterocycles. The van der Waals surface area contributed by atoms with Gasteiger partial charge in [0.15, 0.2) is 0 Å². The Morgan fingerprint density at radius 3 is 2.67 bits per heavy atom. The molecule has 0 radical (unpaired) electrons. The van der Waals surface area contributed by atoms with Crippen LogP contribution in [0.15, 0.2) is 18.3 Å². The van der Waals surface area contributed by atoms with Gasteiger partial charge in [-0.25, -0.2) is 0 Å². The fourth-order valence-corrected chi connectivity index (χ4v) is 2.68. The van der Waals surface area contributed by atoms with Crippen molar-refractivity contribution < 1.29 is 18.0 Å². The number of carbonyl (C=O) groups excluding carboxylic acids is 1. The van der Waals surface area contributed by atoms with E-state index in [-0.39, 0.29) is 12.6 Å². The van der Waals surface area contributed by atoms with Crippen LogP contribution in [0, 0.1) is 0 Å². The minimum atomic E-state index is -4.38. The van der Waals surface area contributed by atoms with Crippen molar-refractivity contribution in [1.29, 1.82) is 0 Å². The summed E-state index contributed by atoms with van der Waals surface area (Å²) in [6.45, 7) is 2.10. The molecule has 0 unspecified atom stereocenters. The van der Waals surface area contributed by atoms with E-state index in [0.717, 1.165) is 30.8 Å². The van der Waals surface area contributed by atoms with Crippen LogP contribution < -0.4 is 5.32 Å². The average molecular weight is 303 g/mol. The van der Waals surface area contributed by atoms with Crippen molar-refractivity contribution in [2.75, 3.05) is 26.2 Å². The van der Waals surface area contributed by atoms with Crippen molar-refractivity contribution >= 4 is 5.91 Å². The molecule has 0 spiro atoms. The zero-order valence-electron chi connectivity index (χ0n) is 12.0. The Morgan fingerprint density at radius 2 is 2.10 bits per heavy atom. The van der Waals surface area contributed by atoms with Crippen LogP contribution in [0.5, 0.6) is 0 Å². The molecule has 0 aliphatic carbocycles. The monoisotopic (exact) mass is 303 g/mol. The molecule has 0 aromatic carbocycles. The van der Waals surface area contributed by atoms with Gasteiger partial charge in [-0.15, -0.1) is 0 Å². The van der Waals surface area contributed by atoms with Gasteiger partial charge in [-0.05, 0) is 45.0 Å². The molecule has 21 heavy (non-hydrogen) atoms. The van der Waals surface area contributed by atoms with Gasteiger partial charge in [0.25, 0.3) is 5.91 Å². The first-order chi connectivity index (χ1) is 9.92. The van der Waals surface area contributed by atoms with E-state index in [0.29, 0.717) is 5.69 Å². The van der Waals surface area contributed by atoms with Gasteiger partial charge in [0.05, 0.1) is 0 Å². The number of hydrogen-bond acceptors (Lipinski definition) is 2. The van der Waals surface area contributed by atoms with Gasteiger partial charge in [-0.3, -0.25) is 4.79 Å². The lowest BCUT2D eigenvalue weighted by Gasteiger charge is -2.28. The number of nitrogens with one attached hydrogen (secondary N) is 1. The van der Waals surface area contributed by atoms with Crippen molar-refractivity contribution in [3.8, 4) is 0 Å². The predicted molar refractivity (Wildman–Crippen MR) is 73.2 cm³/mol. The molecule has 1 aliphatic heterocycles. The first-order valence-electron chi connectivity index (χ1n) is 7.16. The summed E-state index contributed by atoms with van der Waals surface area (Å²) in [4.78, 5) is 13.2. The highest BCUT2D eigenvalue weighted by Crippen LogP contribution is 2.23. The van der Waals surface area contributed by atoms with E-state index in [4.69, 9.17) is 0 Å². The SMILES string of the molecule is CCN(CC(F)(F)F)C(=O)c1cccn1C1CCNCC1. The van der Waals surface area contributed by atoms with Gasteiger partial charge in [0.2, 0.25) is 0 Å². The third-order valence-electron chi connectivity index (χ3n) is 3.74. The second-order valence-corrected chi connectivity index (χ2v) is 5.22. The minimum absolute atomic E-state index is 0.0374. The number of alkyl halides is 3. The van der Waals surface area contributed by atoms with Crippen LogP contribution in [0.2, 0.25) is 0 Å². The highest BCUT2D eigenvalue weighted by Gasteiger charge is 2.33. The number of hydrogen-bond donors (Lipinski definition) is 1. The third kappa shape index (κ3) is 4.00. The number of rotatable bonds is 4. The highest BCUT2D eigenvalue weighted by molar-refractivity contribution is 5.92. The molecule has 1 saturated heterocycles. The van der Waals surface area contributed by atoms with Crippen LogP contribution in [0.25, 0.3) is 0 Å². The summed E-state index contributed by atoms with van der Waals surface area (Å²) in [5.74, 6) is -0.557. The van der Waals surface area contributed by atoms with Crippen molar-refractivity contribution in [1.82, 2.24) is 14.8 Å². The van der Waals surface area contributed by atoms with Gasteiger partial charge < -0.3 is 14.8 Å². The first kappa shape index (κ1) is 15.9. The second-order valence-electron chi connectivity index (χ2n) is 5.22. The normalized spacial score (nSPS) is 17.0. The Kier molecular flexibility index (Phi) is 4.92. The van der Waals surface area contributed by atoms with E-state index in [1.165, 1.54) is 0 Å². The van der Waals surface area contributed by atoms with Gasteiger partial charge in [-0.2, -0.15) is 13.2 Å². The molecule has 2 rings (SSSR count). The average Bonchev–Trinajstić information content (AvgIpc) is 2.93. The Morgan fingerprint density at radius 1 is 1.43 bits per heavy atom. The molecular weight excluding hydrogens is 283 g/mol. The standard InChI is InChI=1S/C14H20F3N3O/c1-2-19(10-14(15,16)17)13(21)12-4-3-9-20(12)11-5-7-18-8-6-11/h3-4,9,11,18H,2,5-8,10H2,1H3. The first-order valence-corrected chi connectivity index (χ1v) is 7.16. The summed E-state index contributed by atoms with van der Waals surface area (Å²) in [6, 6.07) is 3.49. The Bertz CT molecular complexity index is 478. The third-order valence-corrected chi connectivity index (χ3v) is 3.74. The van der Waals surface area contributed by atoms with E-state index in [9.17, 15) is 18.0 Å². The molecule has 0 atom stereocenters. The molecule has 1 aromatic rings. The fraction of sp³-hybridized carbons (Fsp3) is 0.643. The second kappa shape index (κ2) is 6.51. The van der Waals surface area contributed by atoms with E-state index in [2.05, 4.69) is 5.32 Å². The van der Waals surface area contributed by atoms with Crippen LogP contribution in [0.4, 0.5) is 13.2 Å². The van der Waals surface area contributed by atoms with Crippen molar-refractivity contribution in [3.63, 3.8) is 0 Å². The van der Waals surface area contributed by atoms with Crippen LogP contribution >= 0.6 is 0 Å². The van der Waals surface area contributed by atoms with Crippen LogP contribution in [0.1, 0.15) is 36.3 Å². The highest BCUT2D eigenvalue weighted by atomic mass is 19.4. The lowest BCUT2D eigenvalue weighted by atomic mass is 10.1. The summed E-state index contributed by atoms with van der Waals surface area (Å²) in [7, 11) is 0. The van der Waals surface area contributed by atoms with Crippen LogP contribution in [-0.4, -0.2) is 47.7 Å². The predicted octanol–water partition coefficient (Wildman–Crippen LogP) is 2.44. The smallest absolute Gasteiger partial charge is 0.340 e. The maximum Gasteiger partial charge on any atom is 0.406 e. The lowest BCUT2D eigenvalue weighted by Crippen LogP contribution is -2.40. The quantitative estimate of drug-likeness (QED) is 0.927. The maximum atomic E-state index is 12.5. The molecule has 0 saturated carbocycles. The minimum Gasteiger partial charge on any atom is -0.340 e. The molecule has 0 bridgehead atoms. The van der Waals surface area contributed by atoms with Crippen LogP contribution in [-0.2, 0) is 0 Å². The molecule has 118 valence electrons. The topological polar surface area (TPSA) is 37.3 Å². The van der Waals surface area contributed by atoms with E-state index in [1.54, 1.807) is 25.3 Å². The summed E-state index contributed by atoms with van der Waals surface area (Å²) in [5, 5.41) is 3.23. The Labute approximate surface area is 121 Å². The van der Waals surface area contributed by atoms with E-state index < -0.39 is 18.6 Å². The van der Waals surface area contributed by atoms with Gasteiger partial charge in [0, 0.05) is 18.8 Å². The van der Waals surface area contributed by atoms with E-state index >= 15 is 0 Å². The molecule has 4 nitrogen and oxygen atoms in total. The summed E-state index contributed by atoms with van der Waals surface area (Å²) < 4.78 is 39.4. The largest absolute Gasteiger partial charge is 0.406 e. The number of halogens is 3. The number of carbonyl (C=O) groups is 1. The molecule has 1 fully saturated rings. The van der Waals surface area contributed by atoms with Gasteiger partial charge in [-0.1, -0.05) is 0 Å². The molecular formula is C14H20F3N3O. The number of piperidine rings is 1. The fourth-order valence-electron chi connectivity index (χ4n) is 2.68. The maximum absolute atomic E-state index is 12.5. The van der Waals surface area contributed by atoms with Crippen molar-refractivity contribution in [3.05, 3.63) is 24.0 Å². The molecule has 7 heteroatoms. The van der Waals surface area contributed by atoms with E-state index in [1.807, 2.05) is 4.57 Å². The van der Waals surface area contributed by atoms with Gasteiger partial charge >= 0.3 is 6.18 Å². The van der Waals surface area contributed by atoms with Gasteiger partial charge in [0.1, 0.15) is 12.2 Å². The summed E-state index contributed by atoms with van der Waals surface area (Å²) in [6.07, 6.45) is -0.844. The molecule has 1 N–H and O–H groups in total. The van der Waals surface area contributed by atoms with Crippen LogP contribution in [0.3, 0.4) is 0 Å². The van der Waals surface area contributed by atoms with Crippen molar-refractivity contribution in [2.24, 2.45) is 0 Å². The lowest BCUT2D eigenvalue weighted by molar-refractivity contribution is -0.140. The molecule has 1 amide bonds. The molecule has 1 aromatic heterocycles. The number of aromatic nitrogens is 1. The molecule has 1 aliphatic rings. The Balaban J connectivity index is 2.16. The Hall–Kier alpha value is -1.50. The summed E-state index contributed by atoms with van der Waals surface area (Å²) >= 11 is 0. The zero-order chi connectivity index (χ0) is 15.5. The number of amides is 1. The van der Waals surface area contributed by atoms with Crippen molar-refractivity contribution in [2.45, 2.75) is 32.0 Å². The summed E-state index contributed by atoms with van der Waals surface area (Å²) in [5.41, 5.74) is 0.341. The number of nitrogens with zero attached hydrogens (tertiary/aromatic N) is 2.